The summed E-state index contributed by atoms with van der Waals surface area (Å²) in [6.45, 7) is 0.331. The van der Waals surface area contributed by atoms with Crippen molar-refractivity contribution >= 4 is 34.2 Å². The first-order chi connectivity index (χ1) is 12.7. The third-order valence-electron chi connectivity index (χ3n) is 4.56. The first-order valence-corrected chi connectivity index (χ1v) is 8.33. The van der Waals surface area contributed by atoms with Gasteiger partial charge in [0.05, 0.1) is 36.1 Å². The van der Waals surface area contributed by atoms with Crippen molar-refractivity contribution < 1.29 is 14.3 Å². The molecule has 4 rings (SSSR count). The maximum atomic E-state index is 12.6. The predicted molar refractivity (Wildman–Crippen MR) is 98.2 cm³/mol. The molecule has 1 aliphatic heterocycles. The Morgan fingerprint density at radius 3 is 3.00 bits per heavy atom. The molecule has 132 valence electrons. The molecule has 7 nitrogen and oxygen atoms in total. The molecule has 0 bridgehead atoms. The molecule has 0 spiro atoms. The molecule has 2 amide bonds. The number of imidazole rings is 1. The molecule has 2 N–H and O–H groups in total. The van der Waals surface area contributed by atoms with Gasteiger partial charge in [0.25, 0.3) is 0 Å². The zero-order chi connectivity index (χ0) is 18.1. The quantitative estimate of drug-likeness (QED) is 0.757. The number of rotatable bonds is 4. The molecule has 2 aromatic carbocycles. The summed E-state index contributed by atoms with van der Waals surface area (Å²) in [7, 11) is 1.56. The molecular weight excluding hydrogens is 332 g/mol. The van der Waals surface area contributed by atoms with Gasteiger partial charge in [-0.3, -0.25) is 9.59 Å². The fourth-order valence-corrected chi connectivity index (χ4v) is 3.23. The first-order valence-electron chi connectivity index (χ1n) is 8.33. The fraction of sp³-hybridized carbons (Fsp3) is 0.211. The maximum absolute atomic E-state index is 12.6. The Hall–Kier alpha value is -3.35. The van der Waals surface area contributed by atoms with Gasteiger partial charge in [0.15, 0.2) is 0 Å². The van der Waals surface area contributed by atoms with Crippen molar-refractivity contribution in [3.05, 3.63) is 48.8 Å². The van der Waals surface area contributed by atoms with Crippen LogP contribution in [0.15, 0.2) is 48.8 Å². The number of carbonyl (C=O) groups is 2. The Kier molecular flexibility index (Phi) is 4.04. The van der Waals surface area contributed by atoms with Crippen molar-refractivity contribution in [3.63, 3.8) is 0 Å². The second-order valence-electron chi connectivity index (χ2n) is 6.20. The van der Waals surface area contributed by atoms with E-state index in [4.69, 9.17) is 4.74 Å². The van der Waals surface area contributed by atoms with Crippen LogP contribution >= 0.6 is 0 Å². The Bertz CT molecular complexity index is 982. The molecule has 2 heterocycles. The topological polar surface area (TPSA) is 87.3 Å². The third kappa shape index (κ3) is 2.88. The number of nitrogens with zero attached hydrogens (tertiary/aromatic N) is 2. The van der Waals surface area contributed by atoms with E-state index in [9.17, 15) is 9.59 Å². The van der Waals surface area contributed by atoms with E-state index in [1.54, 1.807) is 30.5 Å². The minimum Gasteiger partial charge on any atom is -0.495 e. The van der Waals surface area contributed by atoms with E-state index in [0.29, 0.717) is 23.7 Å². The highest BCUT2D eigenvalue weighted by Crippen LogP contribution is 2.33. The number of benzene rings is 2. The zero-order valence-electron chi connectivity index (χ0n) is 14.2. The first kappa shape index (κ1) is 16.1. The Labute approximate surface area is 150 Å². The molecule has 1 saturated heterocycles. The highest BCUT2D eigenvalue weighted by Gasteiger charge is 2.36. The lowest BCUT2D eigenvalue weighted by molar-refractivity contribution is -0.122. The summed E-state index contributed by atoms with van der Waals surface area (Å²) >= 11 is 0. The van der Waals surface area contributed by atoms with E-state index in [1.165, 1.54) is 0 Å². The van der Waals surface area contributed by atoms with E-state index in [-0.39, 0.29) is 18.2 Å². The number of anilines is 2. The molecular formula is C19H18N4O3. The highest BCUT2D eigenvalue weighted by molar-refractivity contribution is 6.04. The number of aromatic amines is 1. The van der Waals surface area contributed by atoms with Gasteiger partial charge in [-0.05, 0) is 30.3 Å². The van der Waals surface area contributed by atoms with Gasteiger partial charge in [-0.1, -0.05) is 12.1 Å². The molecule has 7 heteroatoms. The summed E-state index contributed by atoms with van der Waals surface area (Å²) in [5.41, 5.74) is 3.05. The summed E-state index contributed by atoms with van der Waals surface area (Å²) in [6, 6.07) is 12.8. The standard InChI is InChI=1S/C19H18N4O3/c1-26-17-5-3-2-4-16(17)23-10-12(8-18(23)24)19(25)22-13-6-7-14-15(9-13)21-11-20-14/h2-7,9,11-12H,8,10H2,1H3,(H,20,21)(H,22,25). The number of methoxy groups -OCH3 is 1. The number of amides is 2. The van der Waals surface area contributed by atoms with Crippen LogP contribution in [0, 0.1) is 5.92 Å². The molecule has 0 saturated carbocycles. The fourth-order valence-electron chi connectivity index (χ4n) is 3.23. The van der Waals surface area contributed by atoms with Gasteiger partial charge < -0.3 is 19.9 Å². The largest absolute Gasteiger partial charge is 0.495 e. The summed E-state index contributed by atoms with van der Waals surface area (Å²) < 4.78 is 5.33. The normalized spacial score (nSPS) is 16.9. The predicted octanol–water partition coefficient (Wildman–Crippen LogP) is 2.56. The van der Waals surface area contributed by atoms with Gasteiger partial charge in [0, 0.05) is 18.7 Å². The van der Waals surface area contributed by atoms with Crippen LogP contribution in [0.3, 0.4) is 0 Å². The van der Waals surface area contributed by atoms with Gasteiger partial charge in [-0.2, -0.15) is 0 Å². The second kappa shape index (κ2) is 6.51. The number of aromatic nitrogens is 2. The van der Waals surface area contributed by atoms with Crippen molar-refractivity contribution in [1.29, 1.82) is 0 Å². The van der Waals surface area contributed by atoms with E-state index in [2.05, 4.69) is 15.3 Å². The second-order valence-corrected chi connectivity index (χ2v) is 6.20. The molecule has 3 aromatic rings. The Morgan fingerprint density at radius 1 is 1.31 bits per heavy atom. The molecule has 1 atom stereocenters. The number of hydrogen-bond acceptors (Lipinski definition) is 4. The van der Waals surface area contributed by atoms with Crippen LogP contribution in [0.2, 0.25) is 0 Å². The molecule has 0 aliphatic carbocycles. The molecule has 26 heavy (non-hydrogen) atoms. The van der Waals surface area contributed by atoms with E-state index in [0.717, 1.165) is 11.0 Å². The lowest BCUT2D eigenvalue weighted by Gasteiger charge is -2.19. The SMILES string of the molecule is COc1ccccc1N1CC(C(=O)Nc2ccc3nc[nH]c3c2)CC1=O. The molecule has 1 aliphatic rings. The van der Waals surface area contributed by atoms with Crippen LogP contribution < -0.4 is 15.0 Å². The van der Waals surface area contributed by atoms with Crippen LogP contribution in [0.4, 0.5) is 11.4 Å². The van der Waals surface area contributed by atoms with Gasteiger partial charge in [0.2, 0.25) is 11.8 Å². The summed E-state index contributed by atoms with van der Waals surface area (Å²) in [4.78, 5) is 33.8. The summed E-state index contributed by atoms with van der Waals surface area (Å²) in [5.74, 6) is -0.0511. The minimum atomic E-state index is -0.412. The lowest BCUT2D eigenvalue weighted by Crippen LogP contribution is -2.28. The zero-order valence-corrected chi connectivity index (χ0v) is 14.2. The van der Waals surface area contributed by atoms with E-state index >= 15 is 0 Å². The van der Waals surface area contributed by atoms with Crippen molar-refractivity contribution in [1.82, 2.24) is 9.97 Å². The van der Waals surface area contributed by atoms with Crippen molar-refractivity contribution in [2.45, 2.75) is 6.42 Å². The number of ether oxygens (including phenoxy) is 1. The third-order valence-corrected chi connectivity index (χ3v) is 4.56. The number of carbonyl (C=O) groups excluding carboxylic acids is 2. The van der Waals surface area contributed by atoms with E-state index < -0.39 is 5.92 Å². The Morgan fingerprint density at radius 2 is 2.15 bits per heavy atom. The number of H-pyrrole nitrogens is 1. The number of hydrogen-bond donors (Lipinski definition) is 2. The Balaban J connectivity index is 1.50. The van der Waals surface area contributed by atoms with Gasteiger partial charge >= 0.3 is 0 Å². The molecule has 1 fully saturated rings. The molecule has 1 unspecified atom stereocenters. The lowest BCUT2D eigenvalue weighted by atomic mass is 10.1. The van der Waals surface area contributed by atoms with Crippen molar-refractivity contribution in [2.75, 3.05) is 23.9 Å². The smallest absolute Gasteiger partial charge is 0.229 e. The van der Waals surface area contributed by atoms with Crippen LogP contribution in [-0.4, -0.2) is 35.4 Å². The van der Waals surface area contributed by atoms with Crippen LogP contribution in [0.1, 0.15) is 6.42 Å². The van der Waals surface area contributed by atoms with E-state index in [1.807, 2.05) is 30.3 Å². The average molecular weight is 350 g/mol. The summed E-state index contributed by atoms with van der Waals surface area (Å²) in [5, 5.41) is 2.89. The molecule has 0 radical (unpaired) electrons. The van der Waals surface area contributed by atoms with Gasteiger partial charge in [-0.25, -0.2) is 4.98 Å². The average Bonchev–Trinajstić information content (AvgIpc) is 3.27. The van der Waals surface area contributed by atoms with Gasteiger partial charge in [-0.15, -0.1) is 0 Å². The van der Waals surface area contributed by atoms with Crippen molar-refractivity contribution in [3.8, 4) is 5.75 Å². The minimum absolute atomic E-state index is 0.0846. The van der Waals surface area contributed by atoms with Crippen LogP contribution in [0.25, 0.3) is 11.0 Å². The maximum Gasteiger partial charge on any atom is 0.229 e. The van der Waals surface area contributed by atoms with Crippen LogP contribution in [-0.2, 0) is 9.59 Å². The highest BCUT2D eigenvalue weighted by atomic mass is 16.5. The van der Waals surface area contributed by atoms with Gasteiger partial charge in [0.1, 0.15) is 5.75 Å². The van der Waals surface area contributed by atoms with Crippen molar-refractivity contribution in [2.24, 2.45) is 5.92 Å². The number of fused-ring (bicyclic) bond motifs is 1. The summed E-state index contributed by atoms with van der Waals surface area (Å²) in [6.07, 6.45) is 1.78. The number of para-hydroxylation sites is 2. The monoisotopic (exact) mass is 350 g/mol. The number of nitrogens with one attached hydrogen (secondary N) is 2. The van der Waals surface area contributed by atoms with Crippen LogP contribution in [0.5, 0.6) is 5.75 Å². The molecule has 1 aromatic heterocycles.